The highest BCUT2D eigenvalue weighted by Crippen LogP contribution is 2.29. The third-order valence-corrected chi connectivity index (χ3v) is 3.32. The van der Waals surface area contributed by atoms with Gasteiger partial charge in [-0.05, 0) is 37.4 Å². The predicted octanol–water partition coefficient (Wildman–Crippen LogP) is 4.06. The van der Waals surface area contributed by atoms with Crippen molar-refractivity contribution >= 4 is 0 Å². The molecule has 1 atom stereocenters. The molecule has 92 valence electrons. The molecule has 0 fully saturated rings. The number of hydrogen-bond acceptors (Lipinski definition) is 2. The highest BCUT2D eigenvalue weighted by atomic mass is 16.3. The molecule has 0 amide bonds. The quantitative estimate of drug-likeness (QED) is 0.754. The van der Waals surface area contributed by atoms with Gasteiger partial charge < -0.3 is 9.73 Å². The Hall–Kier alpha value is -0.760. The van der Waals surface area contributed by atoms with Crippen molar-refractivity contribution in [2.24, 2.45) is 5.92 Å². The largest absolute Gasteiger partial charge is 0.467 e. The van der Waals surface area contributed by atoms with Crippen molar-refractivity contribution in [3.05, 3.63) is 23.7 Å². The van der Waals surface area contributed by atoms with Gasteiger partial charge >= 0.3 is 0 Å². The summed E-state index contributed by atoms with van der Waals surface area (Å²) in [6.45, 7) is 9.90. The van der Waals surface area contributed by atoms with Crippen molar-refractivity contribution < 1.29 is 4.42 Å². The molecule has 0 aliphatic heterocycles. The maximum atomic E-state index is 5.65. The van der Waals surface area contributed by atoms with Gasteiger partial charge in [0.25, 0.3) is 0 Å². The molecular weight excluding hydrogens is 198 g/mol. The first-order valence-electron chi connectivity index (χ1n) is 6.51. The second kappa shape index (κ2) is 6.74. The van der Waals surface area contributed by atoms with Crippen LogP contribution in [0.3, 0.4) is 0 Å². The van der Waals surface area contributed by atoms with E-state index < -0.39 is 0 Å². The van der Waals surface area contributed by atoms with Crippen LogP contribution in [0.5, 0.6) is 0 Å². The van der Waals surface area contributed by atoms with Gasteiger partial charge in [0, 0.05) is 0 Å². The van der Waals surface area contributed by atoms with Crippen molar-refractivity contribution in [3.8, 4) is 0 Å². The second-order valence-electron chi connectivity index (χ2n) is 4.48. The highest BCUT2D eigenvalue weighted by Gasteiger charge is 2.23. The first-order valence-corrected chi connectivity index (χ1v) is 6.51. The Morgan fingerprint density at radius 3 is 2.38 bits per heavy atom. The Labute approximate surface area is 99.4 Å². The van der Waals surface area contributed by atoms with Crippen LogP contribution < -0.4 is 5.32 Å². The van der Waals surface area contributed by atoms with E-state index in [1.54, 1.807) is 6.26 Å². The molecule has 0 bridgehead atoms. The third-order valence-electron chi connectivity index (χ3n) is 3.32. The van der Waals surface area contributed by atoms with Crippen LogP contribution in [0.2, 0.25) is 0 Å². The lowest BCUT2D eigenvalue weighted by molar-refractivity contribution is 0.293. The third kappa shape index (κ3) is 3.11. The number of aryl methyl sites for hydroxylation is 1. The Morgan fingerprint density at radius 2 is 1.94 bits per heavy atom. The molecule has 0 saturated carbocycles. The lowest BCUT2D eigenvalue weighted by atomic mass is 9.91. The zero-order valence-electron chi connectivity index (χ0n) is 11.0. The molecule has 0 aliphatic carbocycles. The van der Waals surface area contributed by atoms with Gasteiger partial charge in [-0.3, -0.25) is 0 Å². The van der Waals surface area contributed by atoms with E-state index in [2.05, 4.69) is 39.1 Å². The van der Waals surface area contributed by atoms with Gasteiger partial charge in [0.2, 0.25) is 0 Å². The molecule has 0 aliphatic rings. The summed E-state index contributed by atoms with van der Waals surface area (Å²) in [5.41, 5.74) is 1.26. The maximum Gasteiger partial charge on any atom is 0.123 e. The van der Waals surface area contributed by atoms with Crippen molar-refractivity contribution in [2.75, 3.05) is 6.54 Å². The zero-order chi connectivity index (χ0) is 12.0. The minimum Gasteiger partial charge on any atom is -0.467 e. The molecule has 0 radical (unpaired) electrons. The molecule has 16 heavy (non-hydrogen) atoms. The van der Waals surface area contributed by atoms with E-state index in [4.69, 9.17) is 4.42 Å². The van der Waals surface area contributed by atoms with Crippen LogP contribution >= 0.6 is 0 Å². The van der Waals surface area contributed by atoms with Gasteiger partial charge in [-0.1, -0.05) is 33.6 Å². The molecule has 1 aromatic rings. The van der Waals surface area contributed by atoms with Crippen LogP contribution in [0.25, 0.3) is 0 Å². The summed E-state index contributed by atoms with van der Waals surface area (Å²) in [7, 11) is 0. The average molecular weight is 223 g/mol. The van der Waals surface area contributed by atoms with Crippen LogP contribution in [-0.2, 0) is 0 Å². The van der Waals surface area contributed by atoms with E-state index >= 15 is 0 Å². The number of rotatable bonds is 7. The molecule has 0 spiro atoms. The van der Waals surface area contributed by atoms with Crippen molar-refractivity contribution in [3.63, 3.8) is 0 Å². The van der Waals surface area contributed by atoms with Gasteiger partial charge in [-0.2, -0.15) is 0 Å². The molecule has 1 unspecified atom stereocenters. The fourth-order valence-electron chi connectivity index (χ4n) is 2.24. The van der Waals surface area contributed by atoms with Crippen LogP contribution in [0, 0.1) is 12.8 Å². The normalized spacial score (nSPS) is 13.3. The SMILES string of the molecule is CCCNC(c1occc1C)C(CC)CC. The molecule has 1 heterocycles. The van der Waals surface area contributed by atoms with Gasteiger partial charge in [0.15, 0.2) is 0 Å². The molecule has 1 aromatic heterocycles. The van der Waals surface area contributed by atoms with Crippen LogP contribution in [0.1, 0.15) is 57.4 Å². The van der Waals surface area contributed by atoms with E-state index in [-0.39, 0.29) is 0 Å². The smallest absolute Gasteiger partial charge is 0.123 e. The number of hydrogen-bond donors (Lipinski definition) is 1. The van der Waals surface area contributed by atoms with Gasteiger partial charge in [-0.25, -0.2) is 0 Å². The topological polar surface area (TPSA) is 25.2 Å². The zero-order valence-corrected chi connectivity index (χ0v) is 11.0. The Morgan fingerprint density at radius 1 is 1.25 bits per heavy atom. The summed E-state index contributed by atoms with van der Waals surface area (Å²) in [6.07, 6.45) is 5.35. The predicted molar refractivity (Wildman–Crippen MR) is 68.6 cm³/mol. The Balaban J connectivity index is 2.82. The number of furan rings is 1. The van der Waals surface area contributed by atoms with E-state index in [1.165, 1.54) is 18.4 Å². The lowest BCUT2D eigenvalue weighted by Crippen LogP contribution is -2.28. The Bertz CT molecular complexity index is 289. The van der Waals surface area contributed by atoms with E-state index in [9.17, 15) is 0 Å². The number of nitrogens with one attached hydrogen (secondary N) is 1. The summed E-state index contributed by atoms with van der Waals surface area (Å²) >= 11 is 0. The monoisotopic (exact) mass is 223 g/mol. The standard InChI is InChI=1S/C14H25NO/c1-5-9-15-13(12(6-2)7-3)14-11(4)8-10-16-14/h8,10,12-13,15H,5-7,9H2,1-4H3. The highest BCUT2D eigenvalue weighted by molar-refractivity contribution is 5.19. The fourth-order valence-corrected chi connectivity index (χ4v) is 2.24. The molecule has 1 rings (SSSR count). The molecule has 0 saturated heterocycles. The molecule has 1 N–H and O–H groups in total. The molecule has 2 heteroatoms. The summed E-state index contributed by atoms with van der Waals surface area (Å²) in [5.74, 6) is 1.79. The van der Waals surface area contributed by atoms with Crippen LogP contribution in [0.15, 0.2) is 16.7 Å². The van der Waals surface area contributed by atoms with Gasteiger partial charge in [-0.15, -0.1) is 0 Å². The van der Waals surface area contributed by atoms with Crippen LogP contribution in [-0.4, -0.2) is 6.54 Å². The lowest BCUT2D eigenvalue weighted by Gasteiger charge is -2.25. The van der Waals surface area contributed by atoms with Gasteiger partial charge in [0.1, 0.15) is 5.76 Å². The maximum absolute atomic E-state index is 5.65. The first-order chi connectivity index (χ1) is 7.74. The summed E-state index contributed by atoms with van der Waals surface area (Å²) in [5, 5.41) is 3.62. The summed E-state index contributed by atoms with van der Waals surface area (Å²) in [4.78, 5) is 0. The molecule has 0 aromatic carbocycles. The van der Waals surface area contributed by atoms with Gasteiger partial charge in [0.05, 0.1) is 12.3 Å². The average Bonchev–Trinajstić information content (AvgIpc) is 2.71. The first kappa shape index (κ1) is 13.3. The van der Waals surface area contributed by atoms with E-state index in [0.29, 0.717) is 12.0 Å². The fraction of sp³-hybridized carbons (Fsp3) is 0.714. The van der Waals surface area contributed by atoms with E-state index in [1.807, 2.05) is 0 Å². The van der Waals surface area contributed by atoms with Crippen molar-refractivity contribution in [1.82, 2.24) is 5.32 Å². The second-order valence-corrected chi connectivity index (χ2v) is 4.48. The molecular formula is C14H25NO. The minimum atomic E-state index is 0.380. The Kier molecular flexibility index (Phi) is 5.61. The summed E-state index contributed by atoms with van der Waals surface area (Å²) < 4.78 is 5.65. The summed E-state index contributed by atoms with van der Waals surface area (Å²) in [6, 6.07) is 2.43. The van der Waals surface area contributed by atoms with Crippen molar-refractivity contribution in [2.45, 2.75) is 53.0 Å². The van der Waals surface area contributed by atoms with Crippen LogP contribution in [0.4, 0.5) is 0 Å². The molecule has 2 nitrogen and oxygen atoms in total. The minimum absolute atomic E-state index is 0.380. The van der Waals surface area contributed by atoms with Crippen molar-refractivity contribution in [1.29, 1.82) is 0 Å². The van der Waals surface area contributed by atoms with E-state index in [0.717, 1.165) is 18.7 Å².